The van der Waals surface area contributed by atoms with Crippen molar-refractivity contribution in [2.75, 3.05) is 56.7 Å². The summed E-state index contributed by atoms with van der Waals surface area (Å²) in [6, 6.07) is 8.97. The lowest BCUT2D eigenvalue weighted by atomic mass is 10.1. The lowest BCUT2D eigenvalue weighted by Gasteiger charge is -2.36. The molecule has 0 atom stereocenters. The number of nitrogens with one attached hydrogen (secondary N) is 1. The summed E-state index contributed by atoms with van der Waals surface area (Å²) in [5.74, 6) is -0.302. The van der Waals surface area contributed by atoms with Crippen molar-refractivity contribution in [3.05, 3.63) is 52.0 Å². The Bertz CT molecular complexity index is 964. The van der Waals surface area contributed by atoms with E-state index < -0.39 is 5.97 Å². The van der Waals surface area contributed by atoms with Gasteiger partial charge in [-0.2, -0.15) is 0 Å². The van der Waals surface area contributed by atoms with E-state index in [1.165, 1.54) is 7.11 Å². The van der Waals surface area contributed by atoms with Crippen LogP contribution in [0, 0.1) is 13.8 Å². The number of aryl methyl sites for hydroxylation is 2. The lowest BCUT2D eigenvalue weighted by Crippen LogP contribution is -2.46. The Morgan fingerprint density at radius 3 is 2.44 bits per heavy atom. The largest absolute Gasteiger partial charge is 0.482 e. The number of benzene rings is 2. The summed E-state index contributed by atoms with van der Waals surface area (Å²) in [5, 5.41) is 3.37. The number of likely N-dealkylation sites (N-methyl/N-ethyl adjacent to an activating group) is 1. The van der Waals surface area contributed by atoms with Gasteiger partial charge in [-0.25, -0.2) is 4.79 Å². The standard InChI is InChI=1S/C24H30ClN3O4/c1-5-27-8-10-28(11-9-27)21-7-6-18(24(30)31-4)14-20(21)26-22(29)15-32-23-17(3)12-16(2)13-19(23)25/h6-7,12-14H,5,8-11,15H2,1-4H3,(H,26,29). The van der Waals surface area contributed by atoms with E-state index in [2.05, 4.69) is 22.0 Å². The number of hydrogen-bond donors (Lipinski definition) is 1. The maximum absolute atomic E-state index is 12.7. The van der Waals surface area contributed by atoms with Crippen LogP contribution in [-0.2, 0) is 9.53 Å². The molecule has 172 valence electrons. The number of rotatable bonds is 7. The summed E-state index contributed by atoms with van der Waals surface area (Å²) < 4.78 is 10.6. The van der Waals surface area contributed by atoms with Crippen LogP contribution in [-0.4, -0.2) is 63.2 Å². The molecule has 1 amide bonds. The minimum absolute atomic E-state index is 0.199. The average molecular weight is 460 g/mol. The van der Waals surface area contributed by atoms with Gasteiger partial charge in [-0.1, -0.05) is 24.6 Å². The maximum Gasteiger partial charge on any atom is 0.337 e. The fourth-order valence-corrected chi connectivity index (χ4v) is 4.25. The van der Waals surface area contributed by atoms with Gasteiger partial charge in [0.25, 0.3) is 5.91 Å². The Morgan fingerprint density at radius 1 is 1.09 bits per heavy atom. The highest BCUT2D eigenvalue weighted by atomic mass is 35.5. The van der Waals surface area contributed by atoms with Gasteiger partial charge in [-0.15, -0.1) is 0 Å². The molecule has 0 bridgehead atoms. The highest BCUT2D eigenvalue weighted by molar-refractivity contribution is 6.32. The molecule has 0 spiro atoms. The third-order valence-electron chi connectivity index (χ3n) is 5.57. The van der Waals surface area contributed by atoms with E-state index in [1.807, 2.05) is 26.0 Å². The molecule has 7 nitrogen and oxygen atoms in total. The van der Waals surface area contributed by atoms with Crippen molar-refractivity contribution in [1.29, 1.82) is 0 Å². The number of amides is 1. The van der Waals surface area contributed by atoms with Crippen LogP contribution in [0.3, 0.4) is 0 Å². The number of esters is 1. The zero-order valence-corrected chi connectivity index (χ0v) is 19.8. The van der Waals surface area contributed by atoms with Crippen LogP contribution in [0.2, 0.25) is 5.02 Å². The minimum atomic E-state index is -0.457. The van der Waals surface area contributed by atoms with Gasteiger partial charge in [0.05, 0.1) is 29.1 Å². The van der Waals surface area contributed by atoms with Gasteiger partial charge >= 0.3 is 5.97 Å². The second kappa shape index (κ2) is 10.7. The molecule has 3 rings (SSSR count). The lowest BCUT2D eigenvalue weighted by molar-refractivity contribution is -0.118. The fourth-order valence-electron chi connectivity index (χ4n) is 3.87. The van der Waals surface area contributed by atoms with Gasteiger partial charge in [0, 0.05) is 26.2 Å². The van der Waals surface area contributed by atoms with E-state index in [1.54, 1.807) is 18.2 Å². The second-order valence-corrected chi connectivity index (χ2v) is 8.28. The molecule has 32 heavy (non-hydrogen) atoms. The van der Waals surface area contributed by atoms with Gasteiger partial charge < -0.3 is 24.6 Å². The molecule has 2 aromatic rings. The maximum atomic E-state index is 12.7. The number of hydrogen-bond acceptors (Lipinski definition) is 6. The van der Waals surface area contributed by atoms with E-state index in [0.29, 0.717) is 22.0 Å². The number of ether oxygens (including phenoxy) is 2. The van der Waals surface area contributed by atoms with Gasteiger partial charge in [-0.05, 0) is 55.8 Å². The highest BCUT2D eigenvalue weighted by Gasteiger charge is 2.21. The number of halogens is 1. The highest BCUT2D eigenvalue weighted by Crippen LogP contribution is 2.31. The predicted molar refractivity (Wildman–Crippen MR) is 127 cm³/mol. The Balaban J connectivity index is 1.77. The van der Waals surface area contributed by atoms with E-state index in [9.17, 15) is 9.59 Å². The molecule has 1 saturated heterocycles. The van der Waals surface area contributed by atoms with Crippen LogP contribution in [0.5, 0.6) is 5.75 Å². The topological polar surface area (TPSA) is 71.1 Å². The molecule has 0 saturated carbocycles. The summed E-state index contributed by atoms with van der Waals surface area (Å²) in [6.45, 7) is 10.4. The zero-order chi connectivity index (χ0) is 23.3. The average Bonchev–Trinajstić information content (AvgIpc) is 2.78. The minimum Gasteiger partial charge on any atom is -0.482 e. The molecule has 1 aliphatic heterocycles. The van der Waals surface area contributed by atoms with Crippen molar-refractivity contribution >= 4 is 34.9 Å². The quantitative estimate of drug-likeness (QED) is 0.633. The summed E-state index contributed by atoms with van der Waals surface area (Å²) in [6.07, 6.45) is 0. The first-order chi connectivity index (χ1) is 15.3. The third-order valence-corrected chi connectivity index (χ3v) is 5.85. The first kappa shape index (κ1) is 23.9. The van der Waals surface area contributed by atoms with Crippen molar-refractivity contribution in [2.24, 2.45) is 0 Å². The number of carbonyl (C=O) groups is 2. The van der Waals surface area contributed by atoms with Crippen LogP contribution in [0.15, 0.2) is 30.3 Å². The zero-order valence-electron chi connectivity index (χ0n) is 19.0. The van der Waals surface area contributed by atoms with Gasteiger partial charge in [0.15, 0.2) is 6.61 Å². The molecule has 8 heteroatoms. The third kappa shape index (κ3) is 5.72. The smallest absolute Gasteiger partial charge is 0.337 e. The molecular formula is C24H30ClN3O4. The van der Waals surface area contributed by atoms with Crippen molar-refractivity contribution in [1.82, 2.24) is 4.90 Å². The Kier molecular flexibility index (Phi) is 7.99. The Labute approximate surface area is 194 Å². The second-order valence-electron chi connectivity index (χ2n) is 7.87. The molecule has 1 aliphatic rings. The summed E-state index contributed by atoms with van der Waals surface area (Å²) in [7, 11) is 1.33. The molecule has 0 unspecified atom stereocenters. The number of carbonyl (C=O) groups excluding carboxylic acids is 2. The van der Waals surface area contributed by atoms with E-state index in [0.717, 1.165) is 49.5 Å². The van der Waals surface area contributed by atoms with Crippen LogP contribution >= 0.6 is 11.6 Å². The molecule has 0 aliphatic carbocycles. The number of piperazine rings is 1. The van der Waals surface area contributed by atoms with Crippen molar-refractivity contribution in [3.8, 4) is 5.75 Å². The number of methoxy groups -OCH3 is 1. The summed E-state index contributed by atoms with van der Waals surface area (Å²) in [5.41, 5.74) is 3.68. The Hall–Kier alpha value is -2.77. The van der Waals surface area contributed by atoms with Gasteiger partial charge in [0.2, 0.25) is 0 Å². The number of anilines is 2. The molecule has 0 radical (unpaired) electrons. The molecular weight excluding hydrogens is 430 g/mol. The monoisotopic (exact) mass is 459 g/mol. The van der Waals surface area contributed by atoms with Crippen LogP contribution in [0.1, 0.15) is 28.4 Å². The summed E-state index contributed by atoms with van der Waals surface area (Å²) >= 11 is 6.28. The van der Waals surface area contributed by atoms with Gasteiger partial charge in [-0.3, -0.25) is 4.79 Å². The van der Waals surface area contributed by atoms with Crippen molar-refractivity contribution in [3.63, 3.8) is 0 Å². The van der Waals surface area contributed by atoms with E-state index >= 15 is 0 Å². The van der Waals surface area contributed by atoms with Crippen LogP contribution in [0.4, 0.5) is 11.4 Å². The molecule has 0 aromatic heterocycles. The molecule has 1 heterocycles. The van der Waals surface area contributed by atoms with E-state index in [4.69, 9.17) is 21.1 Å². The molecule has 1 fully saturated rings. The number of nitrogens with zero attached hydrogens (tertiary/aromatic N) is 2. The first-order valence-electron chi connectivity index (χ1n) is 10.7. The fraction of sp³-hybridized carbons (Fsp3) is 0.417. The molecule has 1 N–H and O–H groups in total. The van der Waals surface area contributed by atoms with Crippen molar-refractivity contribution in [2.45, 2.75) is 20.8 Å². The predicted octanol–water partition coefficient (Wildman–Crippen LogP) is 3.90. The normalized spacial score (nSPS) is 14.2. The summed E-state index contributed by atoms with van der Waals surface area (Å²) in [4.78, 5) is 29.4. The molecule has 2 aromatic carbocycles. The van der Waals surface area contributed by atoms with Crippen LogP contribution < -0.4 is 15.0 Å². The van der Waals surface area contributed by atoms with Gasteiger partial charge in [0.1, 0.15) is 5.75 Å². The van der Waals surface area contributed by atoms with Crippen LogP contribution in [0.25, 0.3) is 0 Å². The SMILES string of the molecule is CCN1CCN(c2ccc(C(=O)OC)cc2NC(=O)COc2c(C)cc(C)cc2Cl)CC1. The van der Waals surface area contributed by atoms with E-state index in [-0.39, 0.29) is 12.5 Å². The first-order valence-corrected chi connectivity index (χ1v) is 11.1. The Morgan fingerprint density at radius 2 is 1.81 bits per heavy atom. The van der Waals surface area contributed by atoms with Crippen molar-refractivity contribution < 1.29 is 19.1 Å².